The maximum absolute atomic E-state index is 11.5. The van der Waals surface area contributed by atoms with Crippen LogP contribution in [-0.2, 0) is 6.54 Å². The second-order valence-electron chi connectivity index (χ2n) is 7.31. The average Bonchev–Trinajstić information content (AvgIpc) is 3.21. The van der Waals surface area contributed by atoms with Gasteiger partial charge in [0.25, 0.3) is 5.91 Å². The zero-order chi connectivity index (χ0) is 21.2. The summed E-state index contributed by atoms with van der Waals surface area (Å²) in [5.41, 5.74) is 7.06. The maximum atomic E-state index is 11.5. The summed E-state index contributed by atoms with van der Waals surface area (Å²) in [4.78, 5) is 19.9. The Balaban J connectivity index is 1.53. The molecule has 0 saturated heterocycles. The summed E-state index contributed by atoms with van der Waals surface area (Å²) in [6.07, 6.45) is 0. The van der Waals surface area contributed by atoms with Gasteiger partial charge >= 0.3 is 0 Å². The number of H-pyrrole nitrogens is 1. The monoisotopic (exact) mass is 408 g/mol. The van der Waals surface area contributed by atoms with Gasteiger partial charge in [0.05, 0.1) is 11.2 Å². The van der Waals surface area contributed by atoms with Gasteiger partial charge in [-0.25, -0.2) is 10.5 Å². The number of aromatic nitrogens is 2. The van der Waals surface area contributed by atoms with Crippen molar-refractivity contribution in [3.8, 4) is 11.3 Å². The summed E-state index contributed by atoms with van der Waals surface area (Å²) in [5, 5.41) is 14.4. The molecule has 0 saturated carbocycles. The van der Waals surface area contributed by atoms with Gasteiger partial charge < -0.3 is 10.3 Å². The number of carbonyl (C=O) groups is 1. The zero-order valence-electron chi connectivity index (χ0n) is 16.6. The number of carbonyl (C=O) groups excluding carboxylic acids is 1. The first-order valence-corrected chi connectivity index (χ1v) is 9.97. The summed E-state index contributed by atoms with van der Waals surface area (Å²) in [6, 6.07) is 27.5. The summed E-state index contributed by atoms with van der Waals surface area (Å²) < 4.78 is 0. The fraction of sp³-hybridized carbons (Fsp3) is 0.0400. The molecule has 152 valence electrons. The average molecular weight is 408 g/mol. The first-order valence-electron chi connectivity index (χ1n) is 9.97. The number of para-hydroxylation sites is 1. The highest BCUT2D eigenvalue weighted by Crippen LogP contribution is 2.33. The highest BCUT2D eigenvalue weighted by Gasteiger charge is 2.13. The number of rotatable bonds is 5. The Morgan fingerprint density at radius 2 is 1.65 bits per heavy atom. The molecular weight excluding hydrogens is 388 g/mol. The van der Waals surface area contributed by atoms with Crippen molar-refractivity contribution >= 4 is 33.5 Å². The van der Waals surface area contributed by atoms with Gasteiger partial charge in [-0.05, 0) is 29.8 Å². The number of hydroxylamine groups is 1. The predicted molar refractivity (Wildman–Crippen MR) is 122 cm³/mol. The smallest absolute Gasteiger partial charge is 0.274 e. The number of fused-ring (bicyclic) bond motifs is 3. The number of nitrogens with zero attached hydrogens (tertiary/aromatic N) is 1. The highest BCUT2D eigenvalue weighted by atomic mass is 16.5. The van der Waals surface area contributed by atoms with Gasteiger partial charge in [0.15, 0.2) is 0 Å². The number of pyridine rings is 1. The third-order valence-corrected chi connectivity index (χ3v) is 5.33. The minimum Gasteiger partial charge on any atom is -0.366 e. The molecule has 5 aromatic rings. The van der Waals surface area contributed by atoms with E-state index in [4.69, 9.17) is 10.2 Å². The lowest BCUT2D eigenvalue weighted by molar-refractivity contribution is 0.0706. The van der Waals surface area contributed by atoms with Crippen LogP contribution in [0.4, 0.5) is 5.82 Å². The third kappa shape index (κ3) is 3.60. The van der Waals surface area contributed by atoms with Crippen molar-refractivity contribution in [3.05, 3.63) is 96.1 Å². The van der Waals surface area contributed by atoms with E-state index in [1.807, 2.05) is 42.5 Å². The van der Waals surface area contributed by atoms with Crippen molar-refractivity contribution in [2.24, 2.45) is 0 Å². The van der Waals surface area contributed by atoms with Gasteiger partial charge in [-0.15, -0.1) is 0 Å². The van der Waals surface area contributed by atoms with Crippen LogP contribution in [0.1, 0.15) is 15.9 Å². The molecule has 0 fully saturated rings. The third-order valence-electron chi connectivity index (χ3n) is 5.33. The molecule has 31 heavy (non-hydrogen) atoms. The predicted octanol–water partition coefficient (Wildman–Crippen LogP) is 5.11. The van der Waals surface area contributed by atoms with Gasteiger partial charge in [-0.1, -0.05) is 60.7 Å². The molecular formula is C25H20N4O2. The fourth-order valence-electron chi connectivity index (χ4n) is 3.77. The standard InChI is InChI=1S/C25H20N4O2/c30-25(29-31)18-12-10-16(11-13-18)15-26-22-14-20-19-8-4-5-9-21(19)27-24(20)23(28-22)17-6-2-1-3-7-17/h1-14,27,31H,15H2,(H,26,28)(H,29,30). The van der Waals surface area contributed by atoms with Crippen LogP contribution in [0.25, 0.3) is 33.1 Å². The first kappa shape index (κ1) is 18.8. The van der Waals surface area contributed by atoms with Crippen LogP contribution in [0.5, 0.6) is 0 Å². The molecule has 0 unspecified atom stereocenters. The van der Waals surface area contributed by atoms with Crippen LogP contribution in [-0.4, -0.2) is 21.1 Å². The van der Waals surface area contributed by atoms with Gasteiger partial charge in [-0.3, -0.25) is 10.0 Å². The van der Waals surface area contributed by atoms with E-state index < -0.39 is 5.91 Å². The van der Waals surface area contributed by atoms with Crippen LogP contribution in [0.15, 0.2) is 84.9 Å². The molecule has 0 radical (unpaired) electrons. The molecule has 0 aliphatic carbocycles. The zero-order valence-corrected chi connectivity index (χ0v) is 16.6. The van der Waals surface area contributed by atoms with E-state index in [2.05, 4.69) is 40.6 Å². The summed E-state index contributed by atoms with van der Waals surface area (Å²) >= 11 is 0. The molecule has 3 aromatic carbocycles. The lowest BCUT2D eigenvalue weighted by atomic mass is 10.1. The molecule has 0 atom stereocenters. The number of hydrogen-bond acceptors (Lipinski definition) is 4. The molecule has 2 heterocycles. The molecule has 5 rings (SSSR count). The topological polar surface area (TPSA) is 90.0 Å². The van der Waals surface area contributed by atoms with Crippen molar-refractivity contribution in [1.29, 1.82) is 0 Å². The quantitative estimate of drug-likeness (QED) is 0.240. The van der Waals surface area contributed by atoms with Crippen molar-refractivity contribution in [3.63, 3.8) is 0 Å². The molecule has 4 N–H and O–H groups in total. The summed E-state index contributed by atoms with van der Waals surface area (Å²) in [7, 11) is 0. The molecule has 6 nitrogen and oxygen atoms in total. The van der Waals surface area contributed by atoms with E-state index in [0.29, 0.717) is 12.1 Å². The Morgan fingerprint density at radius 3 is 2.42 bits per heavy atom. The Bertz CT molecular complexity index is 1380. The minimum atomic E-state index is -0.529. The second kappa shape index (κ2) is 7.93. The van der Waals surface area contributed by atoms with Crippen LogP contribution >= 0.6 is 0 Å². The molecule has 0 bridgehead atoms. The number of anilines is 1. The normalized spacial score (nSPS) is 11.0. The number of nitrogens with one attached hydrogen (secondary N) is 3. The Hall–Kier alpha value is -4.16. The molecule has 6 heteroatoms. The van der Waals surface area contributed by atoms with Crippen molar-refractivity contribution in [2.75, 3.05) is 5.32 Å². The van der Waals surface area contributed by atoms with Gasteiger partial charge in [0.1, 0.15) is 5.82 Å². The van der Waals surface area contributed by atoms with Crippen LogP contribution in [0.3, 0.4) is 0 Å². The Kier molecular flexibility index (Phi) is 4.82. The van der Waals surface area contributed by atoms with E-state index >= 15 is 0 Å². The summed E-state index contributed by atoms with van der Waals surface area (Å²) in [5.74, 6) is 0.242. The maximum Gasteiger partial charge on any atom is 0.274 e. The lowest BCUT2D eigenvalue weighted by Gasteiger charge is -2.10. The lowest BCUT2D eigenvalue weighted by Crippen LogP contribution is -2.18. The van der Waals surface area contributed by atoms with Gasteiger partial charge in [-0.2, -0.15) is 0 Å². The van der Waals surface area contributed by atoms with Crippen molar-refractivity contribution < 1.29 is 10.0 Å². The molecule has 0 aliphatic rings. The number of aromatic amines is 1. The second-order valence-corrected chi connectivity index (χ2v) is 7.31. The highest BCUT2D eigenvalue weighted by molar-refractivity contribution is 6.11. The van der Waals surface area contributed by atoms with E-state index in [1.165, 1.54) is 0 Å². The number of amides is 1. The van der Waals surface area contributed by atoms with Crippen molar-refractivity contribution in [1.82, 2.24) is 15.4 Å². The molecule has 1 amide bonds. The van der Waals surface area contributed by atoms with Gasteiger partial charge in [0.2, 0.25) is 0 Å². The van der Waals surface area contributed by atoms with Crippen molar-refractivity contribution in [2.45, 2.75) is 6.54 Å². The van der Waals surface area contributed by atoms with E-state index in [0.717, 1.165) is 44.4 Å². The van der Waals surface area contributed by atoms with E-state index in [1.54, 1.807) is 17.6 Å². The largest absolute Gasteiger partial charge is 0.366 e. The SMILES string of the molecule is O=C(NO)c1ccc(CNc2cc3c([nH]c4ccccc43)c(-c3ccccc3)n2)cc1. The summed E-state index contributed by atoms with van der Waals surface area (Å²) in [6.45, 7) is 0.552. The molecule has 0 aliphatic heterocycles. The number of hydrogen-bond donors (Lipinski definition) is 4. The van der Waals surface area contributed by atoms with E-state index in [-0.39, 0.29) is 0 Å². The molecule has 2 aromatic heterocycles. The van der Waals surface area contributed by atoms with Crippen LogP contribution < -0.4 is 10.8 Å². The fourth-order valence-corrected chi connectivity index (χ4v) is 3.77. The van der Waals surface area contributed by atoms with Gasteiger partial charge in [0, 0.05) is 34.0 Å². The number of benzene rings is 3. The Morgan fingerprint density at radius 1 is 0.903 bits per heavy atom. The van der Waals surface area contributed by atoms with E-state index in [9.17, 15) is 4.79 Å². The van der Waals surface area contributed by atoms with Crippen LogP contribution in [0.2, 0.25) is 0 Å². The van der Waals surface area contributed by atoms with Crippen LogP contribution in [0, 0.1) is 0 Å². The molecule has 0 spiro atoms. The Labute approximate surface area is 178 Å². The minimum absolute atomic E-state index is 0.399. The first-order chi connectivity index (χ1) is 15.2.